The molecule has 5 nitrogen and oxygen atoms in total. The lowest BCUT2D eigenvalue weighted by Gasteiger charge is -2.04. The minimum atomic E-state index is -0.274. The molecule has 0 aliphatic carbocycles. The number of benzene rings is 3. The van der Waals surface area contributed by atoms with Gasteiger partial charge in [0.2, 0.25) is 5.89 Å². The van der Waals surface area contributed by atoms with E-state index in [1.165, 1.54) is 11.1 Å². The van der Waals surface area contributed by atoms with Crippen LogP contribution in [0.25, 0.3) is 0 Å². The zero-order chi connectivity index (χ0) is 20.8. The first-order valence-electron chi connectivity index (χ1n) is 10.0. The van der Waals surface area contributed by atoms with E-state index in [1.54, 1.807) is 12.1 Å². The topological polar surface area (TPSA) is 68.0 Å². The maximum atomic E-state index is 12.5. The summed E-state index contributed by atoms with van der Waals surface area (Å²) in [4.78, 5) is 12.5. The number of nitrogens with one attached hydrogen (secondary N) is 1. The highest BCUT2D eigenvalue weighted by Gasteiger charge is 2.12. The predicted octanol–water partition coefficient (Wildman–Crippen LogP) is 5.07. The van der Waals surface area contributed by atoms with Crippen molar-refractivity contribution in [3.63, 3.8) is 0 Å². The van der Waals surface area contributed by atoms with Crippen molar-refractivity contribution in [2.24, 2.45) is 0 Å². The fourth-order valence-electron chi connectivity index (χ4n) is 3.22. The highest BCUT2D eigenvalue weighted by molar-refractivity contribution is 6.03. The van der Waals surface area contributed by atoms with Gasteiger partial charge in [0.05, 0.1) is 6.42 Å². The number of carbonyl (C=O) groups excluding carboxylic acids is 1. The summed E-state index contributed by atoms with van der Waals surface area (Å²) in [5.74, 6) is 0.191. The van der Waals surface area contributed by atoms with E-state index < -0.39 is 0 Å². The number of aryl methyl sites for hydroxylation is 1. The number of carbonyl (C=O) groups is 1. The molecule has 5 heteroatoms. The Hall–Kier alpha value is -3.73. The molecule has 0 aliphatic rings. The van der Waals surface area contributed by atoms with E-state index in [-0.39, 0.29) is 11.9 Å². The molecule has 1 N–H and O–H groups in total. The smallest absolute Gasteiger partial charge is 0.322 e. The SMILES string of the molecule is CCc1ccc(Cc2nnc(NC(=O)c3ccc(Cc4ccccc4)cc3)o2)cc1. The summed E-state index contributed by atoms with van der Waals surface area (Å²) in [7, 11) is 0. The van der Waals surface area contributed by atoms with Crippen molar-refractivity contribution in [2.45, 2.75) is 26.2 Å². The number of nitrogens with zero attached hydrogens (tertiary/aromatic N) is 2. The van der Waals surface area contributed by atoms with Gasteiger partial charge >= 0.3 is 6.01 Å². The van der Waals surface area contributed by atoms with Crippen LogP contribution in [-0.2, 0) is 19.3 Å². The standard InChI is InChI=1S/C25H23N3O2/c1-2-18-8-10-21(11-9-18)17-23-27-28-25(30-23)26-24(29)22-14-12-20(13-15-22)16-19-6-4-3-5-7-19/h3-15H,2,16-17H2,1H3,(H,26,28,29). The molecule has 30 heavy (non-hydrogen) atoms. The van der Waals surface area contributed by atoms with Gasteiger partial charge in [0, 0.05) is 5.56 Å². The van der Waals surface area contributed by atoms with Crippen LogP contribution in [0.5, 0.6) is 0 Å². The maximum Gasteiger partial charge on any atom is 0.322 e. The number of hydrogen-bond acceptors (Lipinski definition) is 4. The lowest BCUT2D eigenvalue weighted by Crippen LogP contribution is -2.12. The third kappa shape index (κ3) is 5.00. The maximum absolute atomic E-state index is 12.5. The Kier molecular flexibility index (Phi) is 5.99. The average Bonchev–Trinajstić information content (AvgIpc) is 3.22. The summed E-state index contributed by atoms with van der Waals surface area (Å²) in [5, 5.41) is 10.6. The van der Waals surface area contributed by atoms with Gasteiger partial charge in [-0.25, -0.2) is 0 Å². The van der Waals surface area contributed by atoms with Crippen LogP contribution in [0.3, 0.4) is 0 Å². The van der Waals surface area contributed by atoms with Crippen LogP contribution < -0.4 is 5.32 Å². The molecular weight excluding hydrogens is 374 g/mol. The largest absolute Gasteiger partial charge is 0.407 e. The van der Waals surface area contributed by atoms with Crippen molar-refractivity contribution in [3.05, 3.63) is 113 Å². The Morgan fingerprint density at radius 1 is 0.767 bits per heavy atom. The molecule has 0 fully saturated rings. The van der Waals surface area contributed by atoms with Gasteiger partial charge in [0.25, 0.3) is 5.91 Å². The van der Waals surface area contributed by atoms with Crippen LogP contribution in [0, 0.1) is 0 Å². The summed E-state index contributed by atoms with van der Waals surface area (Å²) in [6.07, 6.45) is 2.36. The molecular formula is C25H23N3O2. The molecule has 150 valence electrons. The zero-order valence-corrected chi connectivity index (χ0v) is 16.8. The van der Waals surface area contributed by atoms with Gasteiger partial charge in [-0.05, 0) is 47.2 Å². The third-order valence-electron chi connectivity index (χ3n) is 4.94. The normalized spacial score (nSPS) is 10.7. The number of rotatable bonds is 7. The molecule has 1 amide bonds. The summed E-state index contributed by atoms with van der Waals surface area (Å²) in [6.45, 7) is 2.12. The zero-order valence-electron chi connectivity index (χ0n) is 16.8. The van der Waals surface area contributed by atoms with Gasteiger partial charge in [-0.15, -0.1) is 5.10 Å². The van der Waals surface area contributed by atoms with Crippen molar-refractivity contribution in [1.29, 1.82) is 0 Å². The molecule has 1 heterocycles. The van der Waals surface area contributed by atoms with Crippen molar-refractivity contribution >= 4 is 11.9 Å². The first-order valence-corrected chi connectivity index (χ1v) is 10.0. The second-order valence-electron chi connectivity index (χ2n) is 7.16. The quantitative estimate of drug-likeness (QED) is 0.473. The van der Waals surface area contributed by atoms with Crippen molar-refractivity contribution < 1.29 is 9.21 Å². The van der Waals surface area contributed by atoms with Crippen LogP contribution in [-0.4, -0.2) is 16.1 Å². The lowest BCUT2D eigenvalue weighted by molar-refractivity contribution is 0.102. The minimum absolute atomic E-state index is 0.105. The molecule has 0 bridgehead atoms. The molecule has 0 spiro atoms. The summed E-state index contributed by atoms with van der Waals surface area (Å²) in [6, 6.07) is 26.2. The fourth-order valence-corrected chi connectivity index (χ4v) is 3.22. The van der Waals surface area contributed by atoms with E-state index in [2.05, 4.69) is 58.8 Å². The Morgan fingerprint density at radius 3 is 2.07 bits per heavy atom. The van der Waals surface area contributed by atoms with E-state index in [4.69, 9.17) is 4.42 Å². The molecule has 0 unspecified atom stereocenters. The number of anilines is 1. The van der Waals surface area contributed by atoms with Crippen LogP contribution in [0.2, 0.25) is 0 Å². The number of hydrogen-bond donors (Lipinski definition) is 1. The first-order chi connectivity index (χ1) is 14.7. The molecule has 4 rings (SSSR count). The van der Waals surface area contributed by atoms with Gasteiger partial charge in [0.1, 0.15) is 0 Å². The molecule has 0 saturated heterocycles. The van der Waals surface area contributed by atoms with Crippen molar-refractivity contribution in [2.75, 3.05) is 5.32 Å². The van der Waals surface area contributed by atoms with Gasteiger partial charge in [-0.3, -0.25) is 10.1 Å². The molecule has 3 aromatic carbocycles. The van der Waals surface area contributed by atoms with Crippen molar-refractivity contribution in [3.8, 4) is 0 Å². The monoisotopic (exact) mass is 397 g/mol. The van der Waals surface area contributed by atoms with Crippen molar-refractivity contribution in [1.82, 2.24) is 10.2 Å². The molecule has 1 aromatic heterocycles. The van der Waals surface area contributed by atoms with Gasteiger partial charge < -0.3 is 4.42 Å². The van der Waals surface area contributed by atoms with Gasteiger partial charge in [0.15, 0.2) is 0 Å². The summed E-state index contributed by atoms with van der Waals surface area (Å²) >= 11 is 0. The average molecular weight is 397 g/mol. The van der Waals surface area contributed by atoms with E-state index in [1.807, 2.05) is 30.3 Å². The number of amides is 1. The van der Waals surface area contributed by atoms with Gasteiger partial charge in [-0.1, -0.05) is 78.8 Å². The highest BCUT2D eigenvalue weighted by atomic mass is 16.4. The Morgan fingerprint density at radius 2 is 1.37 bits per heavy atom. The minimum Gasteiger partial charge on any atom is -0.407 e. The highest BCUT2D eigenvalue weighted by Crippen LogP contribution is 2.15. The van der Waals surface area contributed by atoms with E-state index in [9.17, 15) is 4.79 Å². The summed E-state index contributed by atoms with van der Waals surface area (Å²) in [5.41, 5.74) is 5.29. The van der Waals surface area contributed by atoms with Crippen LogP contribution in [0.4, 0.5) is 6.01 Å². The van der Waals surface area contributed by atoms with Crippen LogP contribution in [0.1, 0.15) is 45.4 Å². The Balaban J connectivity index is 1.35. The lowest BCUT2D eigenvalue weighted by atomic mass is 10.0. The molecule has 0 atom stereocenters. The first kappa shape index (κ1) is 19.6. The van der Waals surface area contributed by atoms with Crippen LogP contribution >= 0.6 is 0 Å². The predicted molar refractivity (Wildman–Crippen MR) is 117 cm³/mol. The number of aromatic nitrogens is 2. The Bertz CT molecular complexity index is 1100. The molecule has 0 aliphatic heterocycles. The third-order valence-corrected chi connectivity index (χ3v) is 4.94. The molecule has 0 saturated carbocycles. The Labute approximate surface area is 175 Å². The van der Waals surface area contributed by atoms with E-state index in [0.717, 1.165) is 24.0 Å². The van der Waals surface area contributed by atoms with E-state index >= 15 is 0 Å². The van der Waals surface area contributed by atoms with E-state index in [0.29, 0.717) is 17.9 Å². The second-order valence-corrected chi connectivity index (χ2v) is 7.16. The molecule has 0 radical (unpaired) electrons. The summed E-state index contributed by atoms with van der Waals surface area (Å²) < 4.78 is 5.58. The molecule has 4 aromatic rings. The second kappa shape index (κ2) is 9.18. The van der Waals surface area contributed by atoms with Gasteiger partial charge in [-0.2, -0.15) is 0 Å². The fraction of sp³-hybridized carbons (Fsp3) is 0.160. The van der Waals surface area contributed by atoms with Crippen LogP contribution in [0.15, 0.2) is 83.3 Å².